The molecule has 0 aliphatic carbocycles. The second kappa shape index (κ2) is 8.77. The molecule has 0 spiro atoms. The molecule has 1 aliphatic rings. The van der Waals surface area contributed by atoms with Crippen molar-refractivity contribution in [3.8, 4) is 22.8 Å². The number of carbonyl (C=O) groups excluding carboxylic acids is 1. The Morgan fingerprint density at radius 2 is 1.56 bits per heavy atom. The molecule has 0 saturated carbocycles. The van der Waals surface area contributed by atoms with Gasteiger partial charge in [-0.2, -0.15) is 5.10 Å². The lowest BCUT2D eigenvalue weighted by Gasteiger charge is -2.35. The molecule has 1 fully saturated rings. The summed E-state index contributed by atoms with van der Waals surface area (Å²) in [6, 6.07) is 12.6. The summed E-state index contributed by atoms with van der Waals surface area (Å²) in [5, 5.41) is 8.20. The SMILES string of the molecule is COc1ccc(N2CCN(C(=O)n3ncc(-c4ccc(OC(F)(F)F)cc4)n3)CC2)cc1. The van der Waals surface area contributed by atoms with Crippen molar-refractivity contribution >= 4 is 11.7 Å². The van der Waals surface area contributed by atoms with Crippen LogP contribution in [0.25, 0.3) is 11.3 Å². The molecule has 11 heteroatoms. The van der Waals surface area contributed by atoms with Crippen molar-refractivity contribution in [2.24, 2.45) is 0 Å². The van der Waals surface area contributed by atoms with E-state index in [0.29, 0.717) is 37.4 Å². The van der Waals surface area contributed by atoms with Gasteiger partial charge >= 0.3 is 12.4 Å². The lowest BCUT2D eigenvalue weighted by atomic mass is 10.2. The van der Waals surface area contributed by atoms with E-state index in [9.17, 15) is 18.0 Å². The fourth-order valence-corrected chi connectivity index (χ4v) is 3.39. The molecule has 0 radical (unpaired) electrons. The Hall–Kier alpha value is -3.76. The molecule has 0 N–H and O–H groups in total. The molecule has 0 atom stereocenters. The Morgan fingerprint density at radius 3 is 2.16 bits per heavy atom. The molecule has 1 amide bonds. The summed E-state index contributed by atoms with van der Waals surface area (Å²) >= 11 is 0. The van der Waals surface area contributed by atoms with Gasteiger partial charge in [0.1, 0.15) is 17.2 Å². The van der Waals surface area contributed by atoms with Crippen LogP contribution in [0.15, 0.2) is 54.7 Å². The van der Waals surface area contributed by atoms with Crippen molar-refractivity contribution in [1.82, 2.24) is 19.9 Å². The standard InChI is InChI=1S/C21H20F3N5O3/c1-31-17-8-4-16(5-9-17)27-10-12-28(13-11-27)20(30)29-25-14-19(26-29)15-2-6-18(7-3-15)32-21(22,23)24/h2-9,14H,10-13H2,1H3. The number of hydrogen-bond acceptors (Lipinski definition) is 6. The molecular weight excluding hydrogens is 427 g/mol. The average molecular weight is 447 g/mol. The van der Waals surface area contributed by atoms with E-state index in [-0.39, 0.29) is 11.8 Å². The molecule has 0 bridgehead atoms. The number of alkyl halides is 3. The third-order valence-electron chi connectivity index (χ3n) is 5.03. The van der Waals surface area contributed by atoms with Gasteiger partial charge in [0.2, 0.25) is 0 Å². The highest BCUT2D eigenvalue weighted by Gasteiger charge is 2.31. The highest BCUT2D eigenvalue weighted by atomic mass is 19.4. The molecule has 32 heavy (non-hydrogen) atoms. The molecule has 1 aromatic heterocycles. The summed E-state index contributed by atoms with van der Waals surface area (Å²) in [6.45, 7) is 2.33. The van der Waals surface area contributed by atoms with E-state index in [1.807, 2.05) is 24.3 Å². The van der Waals surface area contributed by atoms with Crippen molar-refractivity contribution in [1.29, 1.82) is 0 Å². The van der Waals surface area contributed by atoms with Gasteiger partial charge in [-0.05, 0) is 48.5 Å². The van der Waals surface area contributed by atoms with Gasteiger partial charge in [0, 0.05) is 37.4 Å². The molecule has 4 rings (SSSR count). The van der Waals surface area contributed by atoms with Gasteiger partial charge in [0.25, 0.3) is 0 Å². The largest absolute Gasteiger partial charge is 0.573 e. The number of nitrogens with zero attached hydrogens (tertiary/aromatic N) is 5. The van der Waals surface area contributed by atoms with Crippen molar-refractivity contribution in [2.75, 3.05) is 38.2 Å². The van der Waals surface area contributed by atoms with Gasteiger partial charge in [0.15, 0.2) is 0 Å². The van der Waals surface area contributed by atoms with Gasteiger partial charge < -0.3 is 19.3 Å². The minimum absolute atomic E-state index is 0.334. The summed E-state index contributed by atoms with van der Waals surface area (Å²) in [7, 11) is 1.62. The van der Waals surface area contributed by atoms with Gasteiger partial charge in [-0.1, -0.05) is 4.80 Å². The molecule has 0 unspecified atom stereocenters. The van der Waals surface area contributed by atoms with Crippen molar-refractivity contribution in [3.63, 3.8) is 0 Å². The van der Waals surface area contributed by atoms with E-state index in [2.05, 4.69) is 19.8 Å². The van der Waals surface area contributed by atoms with E-state index in [1.54, 1.807) is 12.0 Å². The molecule has 1 saturated heterocycles. The number of ether oxygens (including phenoxy) is 2. The summed E-state index contributed by atoms with van der Waals surface area (Å²) < 4.78 is 45.9. The van der Waals surface area contributed by atoms with E-state index in [0.717, 1.165) is 16.2 Å². The number of methoxy groups -OCH3 is 1. The smallest absolute Gasteiger partial charge is 0.497 e. The van der Waals surface area contributed by atoms with Crippen LogP contribution in [0.4, 0.5) is 23.7 Å². The van der Waals surface area contributed by atoms with Crippen molar-refractivity contribution in [3.05, 3.63) is 54.7 Å². The Bertz CT molecular complexity index is 1060. The number of amides is 1. The first-order valence-corrected chi connectivity index (χ1v) is 9.79. The van der Waals surface area contributed by atoms with Crippen LogP contribution in [-0.2, 0) is 0 Å². The number of piperazine rings is 1. The minimum Gasteiger partial charge on any atom is -0.497 e. The maximum absolute atomic E-state index is 12.8. The molecular formula is C21H20F3N5O3. The number of benzene rings is 2. The average Bonchev–Trinajstić information content (AvgIpc) is 3.28. The van der Waals surface area contributed by atoms with Gasteiger partial charge in [0.05, 0.1) is 13.3 Å². The lowest BCUT2D eigenvalue weighted by Crippen LogP contribution is -2.50. The van der Waals surface area contributed by atoms with Crippen LogP contribution in [-0.4, -0.2) is 65.6 Å². The zero-order chi connectivity index (χ0) is 22.7. The van der Waals surface area contributed by atoms with E-state index in [4.69, 9.17) is 4.74 Å². The van der Waals surface area contributed by atoms with Crippen LogP contribution < -0.4 is 14.4 Å². The number of aromatic nitrogens is 3. The Labute approximate surface area is 181 Å². The van der Waals surface area contributed by atoms with Crippen LogP contribution in [0.3, 0.4) is 0 Å². The molecule has 168 valence electrons. The number of anilines is 1. The fourth-order valence-electron chi connectivity index (χ4n) is 3.39. The fraction of sp³-hybridized carbons (Fsp3) is 0.286. The topological polar surface area (TPSA) is 72.7 Å². The molecule has 8 nitrogen and oxygen atoms in total. The maximum atomic E-state index is 12.8. The molecule has 3 aromatic rings. The van der Waals surface area contributed by atoms with Crippen LogP contribution in [0, 0.1) is 0 Å². The summed E-state index contributed by atoms with van der Waals surface area (Å²) in [4.78, 5) is 17.6. The number of halogens is 3. The first-order valence-electron chi connectivity index (χ1n) is 9.79. The van der Waals surface area contributed by atoms with Crippen LogP contribution in [0.2, 0.25) is 0 Å². The normalized spacial score (nSPS) is 14.4. The van der Waals surface area contributed by atoms with Crippen LogP contribution >= 0.6 is 0 Å². The van der Waals surface area contributed by atoms with Gasteiger partial charge in [-0.25, -0.2) is 4.79 Å². The van der Waals surface area contributed by atoms with Gasteiger partial charge in [-0.15, -0.1) is 18.3 Å². The van der Waals surface area contributed by atoms with E-state index in [1.165, 1.54) is 30.5 Å². The predicted molar refractivity (Wildman–Crippen MR) is 110 cm³/mol. The monoisotopic (exact) mass is 447 g/mol. The molecule has 1 aliphatic heterocycles. The quantitative estimate of drug-likeness (QED) is 0.608. The number of carbonyl (C=O) groups is 1. The van der Waals surface area contributed by atoms with Gasteiger partial charge in [-0.3, -0.25) is 0 Å². The maximum Gasteiger partial charge on any atom is 0.573 e. The summed E-state index contributed by atoms with van der Waals surface area (Å²) in [5.41, 5.74) is 1.94. The Morgan fingerprint density at radius 1 is 0.938 bits per heavy atom. The summed E-state index contributed by atoms with van der Waals surface area (Å²) in [5.74, 6) is 0.449. The van der Waals surface area contributed by atoms with E-state index >= 15 is 0 Å². The Kier molecular flexibility index (Phi) is 5.89. The second-order valence-corrected chi connectivity index (χ2v) is 7.05. The third kappa shape index (κ3) is 4.93. The highest BCUT2D eigenvalue weighted by Crippen LogP contribution is 2.25. The zero-order valence-corrected chi connectivity index (χ0v) is 17.1. The lowest BCUT2D eigenvalue weighted by molar-refractivity contribution is -0.274. The van der Waals surface area contributed by atoms with Crippen molar-refractivity contribution < 1.29 is 27.4 Å². The Balaban J connectivity index is 1.36. The molecule has 2 heterocycles. The number of rotatable bonds is 4. The second-order valence-electron chi connectivity index (χ2n) is 7.05. The first-order chi connectivity index (χ1) is 15.3. The van der Waals surface area contributed by atoms with Crippen molar-refractivity contribution in [2.45, 2.75) is 6.36 Å². The van der Waals surface area contributed by atoms with Crippen LogP contribution in [0.1, 0.15) is 0 Å². The van der Waals surface area contributed by atoms with E-state index < -0.39 is 6.36 Å². The minimum atomic E-state index is -4.76. The predicted octanol–water partition coefficient (Wildman–Crippen LogP) is 3.64. The molecule has 2 aromatic carbocycles. The highest BCUT2D eigenvalue weighted by molar-refractivity contribution is 5.76. The van der Waals surface area contributed by atoms with Crippen LogP contribution in [0.5, 0.6) is 11.5 Å². The first kappa shape index (κ1) is 21.5. The zero-order valence-electron chi connectivity index (χ0n) is 17.1. The summed E-state index contributed by atoms with van der Waals surface area (Å²) in [6.07, 6.45) is -3.36. The number of hydrogen-bond donors (Lipinski definition) is 0. The third-order valence-corrected chi connectivity index (χ3v) is 5.03.